The third-order valence-corrected chi connectivity index (χ3v) is 2.50. The zero-order valence-corrected chi connectivity index (χ0v) is 10.8. The lowest BCUT2D eigenvalue weighted by Gasteiger charge is -2.12. The minimum Gasteiger partial charge on any atom is -0.464 e. The fourth-order valence-electron chi connectivity index (χ4n) is 1.54. The van der Waals surface area contributed by atoms with Gasteiger partial charge < -0.3 is 10.1 Å². The molecule has 0 saturated carbocycles. The van der Waals surface area contributed by atoms with Crippen molar-refractivity contribution in [2.24, 2.45) is 0 Å². The number of hydrogen-bond acceptors (Lipinski definition) is 3. The van der Waals surface area contributed by atoms with Crippen LogP contribution in [-0.4, -0.2) is 24.5 Å². The average molecular weight is 249 g/mol. The number of hydrogen-bond donors (Lipinski definition) is 1. The van der Waals surface area contributed by atoms with Gasteiger partial charge in [-0.1, -0.05) is 30.3 Å². The second kappa shape index (κ2) is 7.48. The maximum absolute atomic E-state index is 11.6. The van der Waals surface area contributed by atoms with Crippen LogP contribution in [0.15, 0.2) is 30.3 Å². The van der Waals surface area contributed by atoms with Gasteiger partial charge in [0.25, 0.3) is 0 Å². The SMILES string of the molecule is CCOC(=O)C(C)NC(=O)CCc1ccccc1. The highest BCUT2D eigenvalue weighted by molar-refractivity contribution is 5.84. The van der Waals surface area contributed by atoms with E-state index in [1.807, 2.05) is 30.3 Å². The number of nitrogens with one attached hydrogen (secondary N) is 1. The van der Waals surface area contributed by atoms with Crippen LogP contribution in [0.1, 0.15) is 25.8 Å². The van der Waals surface area contributed by atoms with Crippen molar-refractivity contribution in [3.63, 3.8) is 0 Å². The third kappa shape index (κ3) is 4.99. The highest BCUT2D eigenvalue weighted by atomic mass is 16.5. The summed E-state index contributed by atoms with van der Waals surface area (Å²) in [4.78, 5) is 22.9. The van der Waals surface area contributed by atoms with Crippen LogP contribution < -0.4 is 5.32 Å². The van der Waals surface area contributed by atoms with E-state index in [0.29, 0.717) is 19.4 Å². The molecular formula is C14H19NO3. The lowest BCUT2D eigenvalue weighted by Crippen LogP contribution is -2.39. The Kier molecular flexibility index (Phi) is 5.91. The van der Waals surface area contributed by atoms with Gasteiger partial charge in [0.05, 0.1) is 6.61 Å². The molecule has 0 aliphatic carbocycles. The van der Waals surface area contributed by atoms with E-state index in [1.54, 1.807) is 13.8 Å². The number of benzene rings is 1. The first-order valence-corrected chi connectivity index (χ1v) is 6.13. The smallest absolute Gasteiger partial charge is 0.328 e. The topological polar surface area (TPSA) is 55.4 Å². The molecule has 0 aliphatic rings. The molecule has 1 atom stereocenters. The summed E-state index contributed by atoms with van der Waals surface area (Å²) in [7, 11) is 0. The molecule has 1 aromatic carbocycles. The summed E-state index contributed by atoms with van der Waals surface area (Å²) in [6.45, 7) is 3.68. The van der Waals surface area contributed by atoms with Crippen molar-refractivity contribution in [2.75, 3.05) is 6.61 Å². The molecule has 0 saturated heterocycles. The molecule has 4 nitrogen and oxygen atoms in total. The monoisotopic (exact) mass is 249 g/mol. The Morgan fingerprint density at radius 3 is 2.56 bits per heavy atom. The van der Waals surface area contributed by atoms with Gasteiger partial charge in [0.15, 0.2) is 0 Å². The summed E-state index contributed by atoms with van der Waals surface area (Å²) in [5, 5.41) is 2.62. The van der Waals surface area contributed by atoms with Crippen molar-refractivity contribution in [3.05, 3.63) is 35.9 Å². The lowest BCUT2D eigenvalue weighted by molar-refractivity contribution is -0.146. The molecule has 1 amide bonds. The second-order valence-electron chi connectivity index (χ2n) is 4.03. The molecule has 0 aliphatic heterocycles. The van der Waals surface area contributed by atoms with E-state index in [2.05, 4.69) is 5.32 Å². The number of carbonyl (C=O) groups excluding carboxylic acids is 2. The fraction of sp³-hybridized carbons (Fsp3) is 0.429. The van der Waals surface area contributed by atoms with E-state index in [4.69, 9.17) is 4.74 Å². The lowest BCUT2D eigenvalue weighted by atomic mass is 10.1. The quantitative estimate of drug-likeness (QED) is 0.780. The maximum atomic E-state index is 11.6. The van der Waals surface area contributed by atoms with Crippen LogP contribution in [-0.2, 0) is 20.7 Å². The van der Waals surface area contributed by atoms with Crippen molar-refractivity contribution < 1.29 is 14.3 Å². The molecule has 18 heavy (non-hydrogen) atoms. The number of carbonyl (C=O) groups is 2. The van der Waals surface area contributed by atoms with Gasteiger partial charge in [-0.25, -0.2) is 4.79 Å². The molecule has 0 fully saturated rings. The van der Waals surface area contributed by atoms with Crippen molar-refractivity contribution in [1.82, 2.24) is 5.32 Å². The number of esters is 1. The van der Waals surface area contributed by atoms with Crippen LogP contribution in [0, 0.1) is 0 Å². The van der Waals surface area contributed by atoms with Crippen molar-refractivity contribution >= 4 is 11.9 Å². The maximum Gasteiger partial charge on any atom is 0.328 e. The molecule has 98 valence electrons. The second-order valence-corrected chi connectivity index (χ2v) is 4.03. The van der Waals surface area contributed by atoms with Gasteiger partial charge in [0.1, 0.15) is 6.04 Å². The Balaban J connectivity index is 2.31. The summed E-state index contributed by atoms with van der Waals surface area (Å²) in [6, 6.07) is 9.17. The first-order chi connectivity index (χ1) is 8.63. The minimum atomic E-state index is -0.590. The van der Waals surface area contributed by atoms with Gasteiger partial charge in [0.2, 0.25) is 5.91 Å². The molecule has 0 spiro atoms. The Hall–Kier alpha value is -1.84. The molecule has 1 unspecified atom stereocenters. The Labute approximate surface area is 107 Å². The normalized spacial score (nSPS) is 11.7. The van der Waals surface area contributed by atoms with Crippen LogP contribution in [0.25, 0.3) is 0 Å². The minimum absolute atomic E-state index is 0.139. The fourth-order valence-corrected chi connectivity index (χ4v) is 1.54. The zero-order valence-electron chi connectivity index (χ0n) is 10.8. The van der Waals surface area contributed by atoms with E-state index in [0.717, 1.165) is 5.56 Å². The predicted molar refractivity (Wildman–Crippen MR) is 69.0 cm³/mol. The molecule has 0 bridgehead atoms. The van der Waals surface area contributed by atoms with Crippen LogP contribution >= 0.6 is 0 Å². The molecule has 0 aromatic heterocycles. The summed E-state index contributed by atoms with van der Waals surface area (Å²) < 4.78 is 4.81. The van der Waals surface area contributed by atoms with Gasteiger partial charge in [0, 0.05) is 6.42 Å². The first kappa shape index (κ1) is 14.2. The molecule has 0 heterocycles. The number of aryl methyl sites for hydroxylation is 1. The standard InChI is InChI=1S/C14H19NO3/c1-3-18-14(17)11(2)15-13(16)10-9-12-7-5-4-6-8-12/h4-8,11H,3,9-10H2,1-2H3,(H,15,16). The molecule has 1 N–H and O–H groups in total. The third-order valence-electron chi connectivity index (χ3n) is 2.50. The summed E-state index contributed by atoms with van der Waals surface area (Å²) in [5.41, 5.74) is 1.11. The summed E-state index contributed by atoms with van der Waals surface area (Å²) >= 11 is 0. The van der Waals surface area contributed by atoms with E-state index < -0.39 is 12.0 Å². The van der Waals surface area contributed by atoms with Crippen molar-refractivity contribution in [3.8, 4) is 0 Å². The van der Waals surface area contributed by atoms with Crippen LogP contribution in [0.5, 0.6) is 0 Å². The average Bonchev–Trinajstić information content (AvgIpc) is 2.38. The first-order valence-electron chi connectivity index (χ1n) is 6.13. The number of amides is 1. The Bertz CT molecular complexity index is 389. The van der Waals surface area contributed by atoms with Gasteiger partial charge in [-0.3, -0.25) is 4.79 Å². The molecular weight excluding hydrogens is 230 g/mol. The van der Waals surface area contributed by atoms with Gasteiger partial charge in [-0.2, -0.15) is 0 Å². The number of ether oxygens (including phenoxy) is 1. The molecule has 0 radical (unpaired) electrons. The van der Waals surface area contributed by atoms with Gasteiger partial charge in [-0.15, -0.1) is 0 Å². The van der Waals surface area contributed by atoms with Crippen LogP contribution in [0.4, 0.5) is 0 Å². The van der Waals surface area contributed by atoms with Crippen molar-refractivity contribution in [1.29, 1.82) is 0 Å². The zero-order chi connectivity index (χ0) is 13.4. The van der Waals surface area contributed by atoms with E-state index >= 15 is 0 Å². The highest BCUT2D eigenvalue weighted by Crippen LogP contribution is 2.02. The summed E-state index contributed by atoms with van der Waals surface area (Å²) in [6.07, 6.45) is 1.04. The van der Waals surface area contributed by atoms with Gasteiger partial charge >= 0.3 is 5.97 Å². The highest BCUT2D eigenvalue weighted by Gasteiger charge is 2.15. The Morgan fingerprint density at radius 2 is 1.94 bits per heavy atom. The molecule has 4 heteroatoms. The van der Waals surface area contributed by atoms with E-state index in [9.17, 15) is 9.59 Å². The van der Waals surface area contributed by atoms with Crippen molar-refractivity contribution in [2.45, 2.75) is 32.7 Å². The molecule has 1 rings (SSSR count). The van der Waals surface area contributed by atoms with Gasteiger partial charge in [-0.05, 0) is 25.8 Å². The number of rotatable bonds is 6. The summed E-state index contributed by atoms with van der Waals surface area (Å²) in [5.74, 6) is -0.537. The Morgan fingerprint density at radius 1 is 1.28 bits per heavy atom. The van der Waals surface area contributed by atoms with Crippen LogP contribution in [0.3, 0.4) is 0 Å². The van der Waals surface area contributed by atoms with E-state index in [1.165, 1.54) is 0 Å². The van der Waals surface area contributed by atoms with E-state index in [-0.39, 0.29) is 5.91 Å². The largest absolute Gasteiger partial charge is 0.464 e. The molecule has 1 aromatic rings. The van der Waals surface area contributed by atoms with Crippen LogP contribution in [0.2, 0.25) is 0 Å². The predicted octanol–water partition coefficient (Wildman–Crippen LogP) is 1.69.